The predicted octanol–water partition coefficient (Wildman–Crippen LogP) is 6.17. The maximum Gasteiger partial charge on any atom is 0.303 e. The fourth-order valence-corrected chi connectivity index (χ4v) is 5.01. The molecule has 0 saturated heterocycles. The van der Waals surface area contributed by atoms with Crippen LogP contribution in [0.2, 0.25) is 0 Å². The molecule has 1 heterocycles. The van der Waals surface area contributed by atoms with Crippen molar-refractivity contribution in [1.82, 2.24) is 4.57 Å². The number of allylic oxidation sites excluding steroid dienone is 4. The summed E-state index contributed by atoms with van der Waals surface area (Å²) < 4.78 is 15.5. The van der Waals surface area contributed by atoms with E-state index >= 15 is 0 Å². The zero-order valence-corrected chi connectivity index (χ0v) is 22.9. The number of rotatable bonds is 10. The van der Waals surface area contributed by atoms with Gasteiger partial charge in [0.2, 0.25) is 11.5 Å². The molecule has 8 nitrogen and oxygen atoms in total. The third-order valence-corrected chi connectivity index (χ3v) is 7.25. The van der Waals surface area contributed by atoms with Crippen molar-refractivity contribution < 1.29 is 24.3 Å². The van der Waals surface area contributed by atoms with Gasteiger partial charge in [0.25, 0.3) is 0 Å². The monoisotopic (exact) mass is 557 g/mol. The summed E-state index contributed by atoms with van der Waals surface area (Å²) in [7, 11) is 1.64. The summed E-state index contributed by atoms with van der Waals surface area (Å²) >= 11 is 0. The molecule has 1 aromatic heterocycles. The van der Waals surface area contributed by atoms with Crippen LogP contribution in [0.15, 0.2) is 99.9 Å². The highest BCUT2D eigenvalue weighted by Gasteiger charge is 2.25. The number of nitrogens with zero attached hydrogens (tertiary/aromatic N) is 2. The summed E-state index contributed by atoms with van der Waals surface area (Å²) in [4.78, 5) is 34.5. The highest BCUT2D eigenvalue weighted by molar-refractivity contribution is 6.00. The average Bonchev–Trinajstić information content (AvgIpc) is 2.95. The van der Waals surface area contributed by atoms with Gasteiger partial charge in [-0.15, -0.1) is 0 Å². The van der Waals surface area contributed by atoms with Crippen LogP contribution in [0.3, 0.4) is 0 Å². The van der Waals surface area contributed by atoms with Gasteiger partial charge in [0.15, 0.2) is 0 Å². The predicted molar refractivity (Wildman–Crippen MR) is 156 cm³/mol. The third kappa shape index (κ3) is 7.45. The molecule has 9 heteroatoms. The Morgan fingerprint density at radius 2 is 1.66 bits per heavy atom. The molecule has 4 rings (SSSR count). The molecule has 0 spiro atoms. The van der Waals surface area contributed by atoms with Crippen LogP contribution in [0.25, 0.3) is 11.1 Å². The number of oxime groups is 1. The Kier molecular flexibility index (Phi) is 9.29. The topological polar surface area (TPSA) is 121 Å². The Labute approximate surface area is 237 Å². The quantitative estimate of drug-likeness (QED) is 0.156. The van der Waals surface area contributed by atoms with Crippen molar-refractivity contribution >= 4 is 23.3 Å². The number of anilines is 1. The number of pyridine rings is 1. The first kappa shape index (κ1) is 29.2. The van der Waals surface area contributed by atoms with E-state index < -0.39 is 5.97 Å². The largest absolute Gasteiger partial charge is 0.481 e. The minimum Gasteiger partial charge on any atom is -0.481 e. The molecule has 1 aliphatic carbocycles. The number of carboxylic acid groups (broad SMARTS) is 1. The van der Waals surface area contributed by atoms with Crippen LogP contribution < -0.4 is 10.9 Å². The first-order chi connectivity index (χ1) is 19.6. The normalized spacial score (nSPS) is 14.4. The van der Waals surface area contributed by atoms with E-state index in [0.29, 0.717) is 36.2 Å². The van der Waals surface area contributed by atoms with E-state index in [-0.39, 0.29) is 36.1 Å². The molecule has 0 radical (unpaired) electrons. The minimum absolute atomic E-state index is 0.0941. The van der Waals surface area contributed by atoms with E-state index in [4.69, 9.17) is 5.11 Å². The second-order valence-electron chi connectivity index (χ2n) is 10.1. The minimum atomic E-state index is -1.02. The van der Waals surface area contributed by atoms with Gasteiger partial charge in [-0.3, -0.25) is 14.4 Å². The van der Waals surface area contributed by atoms with Crippen LogP contribution in [0.5, 0.6) is 0 Å². The van der Waals surface area contributed by atoms with Gasteiger partial charge in [0.05, 0.1) is 12.1 Å². The zero-order chi connectivity index (χ0) is 29.5. The summed E-state index contributed by atoms with van der Waals surface area (Å²) in [5, 5.41) is 24.9. The lowest BCUT2D eigenvalue weighted by Gasteiger charge is -2.26. The molecule has 3 N–H and O–H groups in total. The number of carboxylic acids is 1. The van der Waals surface area contributed by atoms with Gasteiger partial charge in [-0.05, 0) is 59.9 Å². The fourth-order valence-electron chi connectivity index (χ4n) is 5.01. The average molecular weight is 558 g/mol. The highest BCUT2D eigenvalue weighted by atomic mass is 19.1. The van der Waals surface area contributed by atoms with Gasteiger partial charge in [-0.1, -0.05) is 47.1 Å². The lowest BCUT2D eigenvalue weighted by molar-refractivity contribution is -0.138. The third-order valence-electron chi connectivity index (χ3n) is 7.25. The van der Waals surface area contributed by atoms with Crippen molar-refractivity contribution in [3.8, 4) is 11.1 Å². The van der Waals surface area contributed by atoms with Crippen LogP contribution in [0.1, 0.15) is 56.1 Å². The van der Waals surface area contributed by atoms with Crippen LogP contribution in [-0.4, -0.2) is 32.5 Å². The molecule has 0 fully saturated rings. The van der Waals surface area contributed by atoms with E-state index in [2.05, 4.69) is 10.5 Å². The molecule has 1 aliphatic rings. The summed E-state index contributed by atoms with van der Waals surface area (Å²) in [5.74, 6) is -1.72. The molecule has 212 valence electrons. The number of benzene rings is 2. The van der Waals surface area contributed by atoms with Crippen molar-refractivity contribution in [3.63, 3.8) is 0 Å². The Morgan fingerprint density at radius 3 is 2.24 bits per heavy atom. The molecule has 0 bridgehead atoms. The van der Waals surface area contributed by atoms with Crippen LogP contribution in [0.4, 0.5) is 10.1 Å². The number of nitrogens with one attached hydrogen (secondary N) is 1. The van der Waals surface area contributed by atoms with Crippen LogP contribution in [0, 0.1) is 0 Å². The molecule has 3 aromatic rings. The van der Waals surface area contributed by atoms with Gasteiger partial charge in [0, 0.05) is 55.7 Å². The number of halogens is 1. The van der Waals surface area contributed by atoms with Crippen molar-refractivity contribution in [2.45, 2.75) is 44.9 Å². The second kappa shape index (κ2) is 13.0. The molecular formula is C32H32FN3O5. The van der Waals surface area contributed by atoms with Crippen molar-refractivity contribution in [2.75, 3.05) is 5.32 Å². The van der Waals surface area contributed by atoms with Gasteiger partial charge in [-0.25, -0.2) is 4.39 Å². The maximum atomic E-state index is 14.0. The van der Waals surface area contributed by atoms with Crippen LogP contribution >= 0.6 is 0 Å². The first-order valence-corrected chi connectivity index (χ1v) is 13.3. The van der Waals surface area contributed by atoms with Gasteiger partial charge < -0.3 is 20.2 Å². The van der Waals surface area contributed by atoms with Crippen molar-refractivity contribution in [3.05, 3.63) is 111 Å². The van der Waals surface area contributed by atoms with E-state index in [1.54, 1.807) is 37.5 Å². The Hall–Kier alpha value is -4.79. The molecule has 1 atom stereocenters. The number of hydrogen-bond donors (Lipinski definition) is 3. The first-order valence-electron chi connectivity index (χ1n) is 13.3. The second-order valence-corrected chi connectivity index (χ2v) is 10.1. The fraction of sp³-hybridized carbons (Fsp3) is 0.250. The lowest BCUT2D eigenvalue weighted by Crippen LogP contribution is -2.19. The van der Waals surface area contributed by atoms with Gasteiger partial charge in [-0.2, -0.15) is 0 Å². The number of aliphatic carboxylic acids is 1. The smallest absolute Gasteiger partial charge is 0.303 e. The number of amides is 1. The van der Waals surface area contributed by atoms with E-state index in [0.717, 1.165) is 27.8 Å². The number of aryl methyl sites for hydroxylation is 1. The Bertz CT molecular complexity index is 1580. The van der Waals surface area contributed by atoms with Crippen molar-refractivity contribution in [2.24, 2.45) is 12.2 Å². The van der Waals surface area contributed by atoms with Crippen molar-refractivity contribution in [1.29, 1.82) is 0 Å². The summed E-state index contributed by atoms with van der Waals surface area (Å²) in [6, 6.07) is 18.3. The van der Waals surface area contributed by atoms with Gasteiger partial charge >= 0.3 is 5.97 Å². The standard InChI is InChI=1S/C32H32FN3O5/c1-20-17-25(33)10-13-27(20)28(18-29(35-41)24-9-15-31(38)36(2)19-24)23-5-3-21(4-6-23)22-7-11-26(12-8-22)34-30(37)14-16-32(39)40/h3-9,11-12,15,17,19,28,41H,10,13-14,16,18H2,1-2H3,(H,34,37)(H,39,40)/b35-29+. The Balaban J connectivity index is 1.59. The molecule has 0 aliphatic heterocycles. The molecule has 0 saturated carbocycles. The van der Waals surface area contributed by atoms with E-state index in [9.17, 15) is 24.0 Å². The van der Waals surface area contributed by atoms with E-state index in [1.165, 1.54) is 10.6 Å². The number of hydrogen-bond acceptors (Lipinski definition) is 5. The number of carbonyl (C=O) groups excluding carboxylic acids is 1. The molecule has 41 heavy (non-hydrogen) atoms. The molecule has 1 unspecified atom stereocenters. The number of carbonyl (C=O) groups is 2. The molecular weight excluding hydrogens is 525 g/mol. The summed E-state index contributed by atoms with van der Waals surface area (Å²) in [5.41, 5.74) is 6.23. The zero-order valence-electron chi connectivity index (χ0n) is 22.9. The lowest BCUT2D eigenvalue weighted by atomic mass is 9.79. The molecule has 1 amide bonds. The van der Waals surface area contributed by atoms with Crippen LogP contribution in [-0.2, 0) is 16.6 Å². The SMILES string of the molecule is CC1=C(C(C/C(=N\O)c2ccc(=O)n(C)c2)c2ccc(-c3ccc(NC(=O)CCC(=O)O)cc3)cc2)CCC(F)=C1. The summed E-state index contributed by atoms with van der Waals surface area (Å²) in [6.07, 6.45) is 4.09. The highest BCUT2D eigenvalue weighted by Crippen LogP contribution is 2.39. The Morgan fingerprint density at radius 1 is 1.00 bits per heavy atom. The van der Waals surface area contributed by atoms with E-state index in [1.807, 2.05) is 43.3 Å². The van der Waals surface area contributed by atoms with Gasteiger partial charge in [0.1, 0.15) is 5.83 Å². The molecule has 2 aromatic carbocycles. The summed E-state index contributed by atoms with van der Waals surface area (Å²) in [6.45, 7) is 1.89. The number of aromatic nitrogens is 1. The maximum absolute atomic E-state index is 14.0.